The fourth-order valence-electron chi connectivity index (χ4n) is 1.93. The van der Waals surface area contributed by atoms with E-state index in [-0.39, 0.29) is 22.4 Å². The number of likely N-dealkylation sites (N-methyl/N-ethyl adjacent to an activating group) is 1. The van der Waals surface area contributed by atoms with Crippen LogP contribution in [0.25, 0.3) is 0 Å². The molecule has 1 aromatic rings. The largest absolute Gasteiger partial charge is 0.316 e. The monoisotopic (exact) mass is 363 g/mol. The quantitative estimate of drug-likeness (QED) is 0.670. The van der Waals surface area contributed by atoms with Crippen LogP contribution in [-0.4, -0.2) is 53.9 Å². The molecule has 23 heavy (non-hydrogen) atoms. The molecule has 9 heteroatoms. The van der Waals surface area contributed by atoms with Gasteiger partial charge in [-0.1, -0.05) is 19.9 Å². The van der Waals surface area contributed by atoms with Gasteiger partial charge >= 0.3 is 0 Å². The highest BCUT2D eigenvalue weighted by Crippen LogP contribution is 2.19. The average Bonchev–Trinajstić information content (AvgIpc) is 2.53. The van der Waals surface area contributed by atoms with E-state index in [0.29, 0.717) is 13.1 Å². The van der Waals surface area contributed by atoms with Crippen molar-refractivity contribution in [1.29, 1.82) is 0 Å². The van der Waals surface area contributed by atoms with Crippen molar-refractivity contribution in [2.24, 2.45) is 0 Å². The van der Waals surface area contributed by atoms with Crippen molar-refractivity contribution in [2.45, 2.75) is 36.6 Å². The van der Waals surface area contributed by atoms with Crippen LogP contribution >= 0.6 is 0 Å². The van der Waals surface area contributed by atoms with Crippen LogP contribution < -0.4 is 10.0 Å². The van der Waals surface area contributed by atoms with Crippen LogP contribution in [0.4, 0.5) is 0 Å². The lowest BCUT2D eigenvalue weighted by Crippen LogP contribution is -2.37. The Morgan fingerprint density at radius 1 is 1.09 bits per heavy atom. The van der Waals surface area contributed by atoms with Crippen molar-refractivity contribution in [3.63, 3.8) is 0 Å². The van der Waals surface area contributed by atoms with Gasteiger partial charge in [-0.25, -0.2) is 21.6 Å². The van der Waals surface area contributed by atoms with Gasteiger partial charge in [-0.3, -0.25) is 0 Å². The highest BCUT2D eigenvalue weighted by Gasteiger charge is 2.24. The zero-order chi connectivity index (χ0) is 17.7. The highest BCUT2D eigenvalue weighted by molar-refractivity contribution is 7.90. The van der Waals surface area contributed by atoms with Crippen LogP contribution in [0.2, 0.25) is 0 Å². The summed E-state index contributed by atoms with van der Waals surface area (Å²) in [5.41, 5.74) is 0. The van der Waals surface area contributed by atoms with Crippen molar-refractivity contribution in [1.82, 2.24) is 14.3 Å². The van der Waals surface area contributed by atoms with Crippen molar-refractivity contribution in [3.8, 4) is 0 Å². The molecule has 0 radical (unpaired) electrons. The topological polar surface area (TPSA) is 95.6 Å². The fourth-order valence-corrected chi connectivity index (χ4v) is 4.69. The van der Waals surface area contributed by atoms with Gasteiger partial charge in [-0.05, 0) is 32.2 Å². The lowest BCUT2D eigenvalue weighted by Gasteiger charge is -2.19. The SMILES string of the molecule is CCN(CC)S(=O)(=O)c1cccc(S(=O)(=O)NCC(C)NC)c1. The molecule has 1 rings (SSSR count). The fraction of sp³-hybridized carbons (Fsp3) is 0.571. The minimum atomic E-state index is -3.76. The van der Waals surface area contributed by atoms with Crippen LogP contribution in [0.3, 0.4) is 0 Å². The van der Waals surface area contributed by atoms with Crippen LogP contribution in [-0.2, 0) is 20.0 Å². The number of nitrogens with zero attached hydrogens (tertiary/aromatic N) is 1. The molecular formula is C14H25N3O4S2. The molecule has 1 unspecified atom stereocenters. The summed E-state index contributed by atoms with van der Waals surface area (Å²) in [4.78, 5) is -0.0835. The molecule has 0 aliphatic rings. The molecule has 2 N–H and O–H groups in total. The second-order valence-electron chi connectivity index (χ2n) is 5.11. The zero-order valence-corrected chi connectivity index (χ0v) is 15.5. The summed E-state index contributed by atoms with van der Waals surface area (Å²) in [7, 11) is -5.72. The molecule has 1 atom stereocenters. The van der Waals surface area contributed by atoms with E-state index in [1.165, 1.54) is 28.6 Å². The molecule has 0 aromatic heterocycles. The molecule has 0 aliphatic heterocycles. The third-order valence-electron chi connectivity index (χ3n) is 3.53. The summed E-state index contributed by atoms with van der Waals surface area (Å²) in [6, 6.07) is 5.38. The number of hydrogen-bond acceptors (Lipinski definition) is 5. The van der Waals surface area contributed by atoms with Crippen molar-refractivity contribution in [3.05, 3.63) is 24.3 Å². The Bertz CT molecular complexity index is 713. The Hall–Kier alpha value is -1.00. The van der Waals surface area contributed by atoms with Crippen LogP contribution in [0, 0.1) is 0 Å². The first-order chi connectivity index (χ1) is 10.7. The number of benzene rings is 1. The van der Waals surface area contributed by atoms with Gasteiger partial charge < -0.3 is 5.32 Å². The minimum Gasteiger partial charge on any atom is -0.316 e. The van der Waals surface area contributed by atoms with E-state index in [1.54, 1.807) is 20.9 Å². The third kappa shape index (κ3) is 4.98. The summed E-state index contributed by atoms with van der Waals surface area (Å²) >= 11 is 0. The smallest absolute Gasteiger partial charge is 0.243 e. The number of sulfonamides is 2. The minimum absolute atomic E-state index is 0.0225. The normalized spacial score (nSPS) is 14.1. The second-order valence-corrected chi connectivity index (χ2v) is 8.81. The molecule has 0 bridgehead atoms. The molecule has 0 saturated heterocycles. The number of rotatable bonds is 9. The van der Waals surface area contributed by atoms with Crippen molar-refractivity contribution >= 4 is 20.0 Å². The summed E-state index contributed by atoms with van der Waals surface area (Å²) in [6.45, 7) is 6.18. The Morgan fingerprint density at radius 2 is 1.65 bits per heavy atom. The predicted octanol–water partition coefficient (Wildman–Crippen LogP) is 0.603. The van der Waals surface area contributed by atoms with Crippen LogP contribution in [0.15, 0.2) is 34.1 Å². The predicted molar refractivity (Wildman–Crippen MR) is 90.3 cm³/mol. The van der Waals surface area contributed by atoms with Crippen molar-refractivity contribution < 1.29 is 16.8 Å². The Labute approximate surface area is 139 Å². The standard InChI is InChI=1S/C14H25N3O4S2/c1-5-17(6-2)23(20,21)14-9-7-8-13(10-14)22(18,19)16-11-12(3)15-4/h7-10,12,15-16H,5-6,11H2,1-4H3. The molecule has 7 nitrogen and oxygen atoms in total. The molecule has 0 heterocycles. The van der Waals surface area contributed by atoms with Gasteiger partial charge in [0.05, 0.1) is 9.79 Å². The first-order valence-electron chi connectivity index (χ1n) is 7.46. The van der Waals surface area contributed by atoms with Gasteiger partial charge in [0.25, 0.3) is 0 Å². The first kappa shape index (κ1) is 20.0. The van der Waals surface area contributed by atoms with E-state index in [2.05, 4.69) is 10.0 Å². The molecule has 0 spiro atoms. The van der Waals surface area contributed by atoms with Gasteiger partial charge in [0.15, 0.2) is 0 Å². The highest BCUT2D eigenvalue weighted by atomic mass is 32.2. The summed E-state index contributed by atoms with van der Waals surface area (Å²) in [5.74, 6) is 0. The van der Waals surface area contributed by atoms with Gasteiger partial charge in [0, 0.05) is 25.7 Å². The Morgan fingerprint density at radius 3 is 2.17 bits per heavy atom. The van der Waals surface area contributed by atoms with Gasteiger partial charge in [0.2, 0.25) is 20.0 Å². The summed E-state index contributed by atoms with van der Waals surface area (Å²) < 4.78 is 53.3. The van der Waals surface area contributed by atoms with E-state index in [9.17, 15) is 16.8 Å². The molecule has 0 saturated carbocycles. The van der Waals surface area contributed by atoms with Gasteiger partial charge in [-0.2, -0.15) is 4.31 Å². The van der Waals surface area contributed by atoms with E-state index in [4.69, 9.17) is 0 Å². The third-order valence-corrected chi connectivity index (χ3v) is 7.00. The number of hydrogen-bond donors (Lipinski definition) is 2. The Balaban J connectivity index is 3.14. The van der Waals surface area contributed by atoms with Crippen LogP contribution in [0.1, 0.15) is 20.8 Å². The van der Waals surface area contributed by atoms with E-state index in [1.807, 2.05) is 6.92 Å². The van der Waals surface area contributed by atoms with Crippen molar-refractivity contribution in [2.75, 3.05) is 26.7 Å². The van der Waals surface area contributed by atoms with Crippen LogP contribution in [0.5, 0.6) is 0 Å². The van der Waals surface area contributed by atoms with E-state index < -0.39 is 20.0 Å². The maximum absolute atomic E-state index is 12.5. The van der Waals surface area contributed by atoms with E-state index >= 15 is 0 Å². The first-order valence-corrected chi connectivity index (χ1v) is 10.4. The summed E-state index contributed by atoms with van der Waals surface area (Å²) in [5, 5.41) is 2.93. The number of nitrogens with one attached hydrogen (secondary N) is 2. The molecule has 0 aliphatic carbocycles. The molecule has 0 amide bonds. The average molecular weight is 364 g/mol. The van der Waals surface area contributed by atoms with Gasteiger partial charge in [-0.15, -0.1) is 0 Å². The molecule has 1 aromatic carbocycles. The molecule has 0 fully saturated rings. The molecular weight excluding hydrogens is 338 g/mol. The second kappa shape index (κ2) is 8.20. The zero-order valence-electron chi connectivity index (χ0n) is 13.9. The summed E-state index contributed by atoms with van der Waals surface area (Å²) in [6.07, 6.45) is 0. The maximum Gasteiger partial charge on any atom is 0.243 e. The maximum atomic E-state index is 12.5. The van der Waals surface area contributed by atoms with Gasteiger partial charge in [0.1, 0.15) is 0 Å². The Kier molecular flexibility index (Phi) is 7.15. The lowest BCUT2D eigenvalue weighted by atomic mass is 10.4. The molecule has 132 valence electrons. The lowest BCUT2D eigenvalue weighted by molar-refractivity contribution is 0.445. The van der Waals surface area contributed by atoms with E-state index in [0.717, 1.165) is 0 Å².